The maximum Gasteiger partial charge on any atom is 0.443 e. The Balaban J connectivity index is 1.78. The number of ether oxygens (including phenoxy) is 3. The molecule has 5 aliphatic rings. The van der Waals surface area contributed by atoms with Gasteiger partial charge in [0, 0.05) is 18.3 Å². The van der Waals surface area contributed by atoms with E-state index in [2.05, 4.69) is 6.92 Å². The third-order valence-electron chi connectivity index (χ3n) is 7.88. The molecular weight excluding hydrogens is 421 g/mol. The molecule has 1 aliphatic carbocycles. The molecule has 7 nitrogen and oxygen atoms in total. The number of fused-ring (bicyclic) bond motifs is 2. The Morgan fingerprint density at radius 2 is 1.77 bits per heavy atom. The molecule has 4 heterocycles. The summed E-state index contributed by atoms with van der Waals surface area (Å²) in [5.41, 5.74) is -2.71. The van der Waals surface area contributed by atoms with Crippen LogP contribution in [-0.2, 0) is 28.8 Å². The first-order chi connectivity index (χ1) is 14.2. The number of aliphatic carboxylic acids is 1. The monoisotopic (exact) mass is 452 g/mol. The summed E-state index contributed by atoms with van der Waals surface area (Å²) in [5, 5.41) is 9.37. The molecule has 1 saturated carbocycles. The number of carbonyl (C=O) groups is 1. The standard InChI is InChI=1S/C21H31F3O7/c1-11-6-7-14-12(2)20(21(22,23)24,27-10-17(3,4)15(25)26)29-16-19(14)13(11)8-9-18(5,28-16)30-31-19/h11-14,16H,6-10H2,1-5H3,(H,25,26)/t11-,12-,13+,14+,16+,18-,19-,20-/m1/s1. The molecule has 1 N–H and O–H groups in total. The van der Waals surface area contributed by atoms with Crippen LogP contribution in [0.1, 0.15) is 60.3 Å². The Hall–Kier alpha value is -0.940. The van der Waals surface area contributed by atoms with Gasteiger partial charge in [0.15, 0.2) is 11.9 Å². The number of hydrogen-bond donors (Lipinski definition) is 1. The average Bonchev–Trinajstić information content (AvgIpc) is 2.88. The molecule has 4 saturated heterocycles. The highest BCUT2D eigenvalue weighted by Crippen LogP contribution is 2.64. The number of rotatable bonds is 4. The summed E-state index contributed by atoms with van der Waals surface area (Å²) in [6.07, 6.45) is -3.91. The first kappa shape index (κ1) is 23.2. The molecule has 10 heteroatoms. The highest BCUT2D eigenvalue weighted by molar-refractivity contribution is 5.73. The number of alkyl halides is 3. The fourth-order valence-electron chi connectivity index (χ4n) is 5.84. The molecule has 5 rings (SSSR count). The van der Waals surface area contributed by atoms with Gasteiger partial charge in [-0.2, -0.15) is 13.2 Å². The van der Waals surface area contributed by atoms with Gasteiger partial charge in [0.25, 0.3) is 5.79 Å². The van der Waals surface area contributed by atoms with Crippen LogP contribution in [0.25, 0.3) is 0 Å². The Kier molecular flexibility index (Phi) is 5.27. The minimum atomic E-state index is -4.92. The smallest absolute Gasteiger partial charge is 0.443 e. The van der Waals surface area contributed by atoms with Crippen LogP contribution in [0.2, 0.25) is 0 Å². The molecule has 5 fully saturated rings. The largest absolute Gasteiger partial charge is 0.481 e. The first-order valence-electron chi connectivity index (χ1n) is 10.8. The van der Waals surface area contributed by atoms with Gasteiger partial charge in [0.05, 0.1) is 12.0 Å². The summed E-state index contributed by atoms with van der Waals surface area (Å²) < 4.78 is 60.9. The molecule has 0 amide bonds. The molecule has 0 unspecified atom stereocenters. The zero-order valence-corrected chi connectivity index (χ0v) is 18.5. The summed E-state index contributed by atoms with van der Waals surface area (Å²) in [4.78, 5) is 23.0. The Labute approximate surface area is 179 Å². The molecule has 178 valence electrons. The van der Waals surface area contributed by atoms with Crippen LogP contribution in [0.5, 0.6) is 0 Å². The number of carboxylic acid groups (broad SMARTS) is 1. The van der Waals surface area contributed by atoms with Crippen molar-refractivity contribution in [1.82, 2.24) is 0 Å². The topological polar surface area (TPSA) is 83.5 Å². The summed E-state index contributed by atoms with van der Waals surface area (Å²) in [5.74, 6) is -7.17. The van der Waals surface area contributed by atoms with Gasteiger partial charge in [0.2, 0.25) is 5.79 Å². The van der Waals surface area contributed by atoms with E-state index in [9.17, 15) is 23.1 Å². The zero-order valence-electron chi connectivity index (χ0n) is 18.5. The molecule has 4 aliphatic heterocycles. The van der Waals surface area contributed by atoms with E-state index in [1.807, 2.05) is 0 Å². The van der Waals surface area contributed by atoms with Crippen molar-refractivity contribution in [1.29, 1.82) is 0 Å². The number of halogens is 3. The van der Waals surface area contributed by atoms with E-state index in [0.717, 1.165) is 6.42 Å². The van der Waals surface area contributed by atoms with Crippen molar-refractivity contribution < 1.29 is 47.1 Å². The van der Waals surface area contributed by atoms with Gasteiger partial charge in [-0.15, -0.1) is 0 Å². The van der Waals surface area contributed by atoms with E-state index in [1.165, 1.54) is 20.8 Å². The van der Waals surface area contributed by atoms with Crippen LogP contribution >= 0.6 is 0 Å². The van der Waals surface area contributed by atoms with Gasteiger partial charge in [-0.3, -0.25) is 4.79 Å². The molecule has 0 aromatic heterocycles. The lowest BCUT2D eigenvalue weighted by atomic mass is 9.57. The Morgan fingerprint density at radius 3 is 2.39 bits per heavy atom. The molecule has 31 heavy (non-hydrogen) atoms. The highest BCUT2D eigenvalue weighted by atomic mass is 19.4. The second-order valence-corrected chi connectivity index (χ2v) is 10.5. The van der Waals surface area contributed by atoms with Crippen molar-refractivity contribution in [2.75, 3.05) is 6.61 Å². The highest BCUT2D eigenvalue weighted by Gasteiger charge is 2.77. The molecule has 0 radical (unpaired) electrons. The van der Waals surface area contributed by atoms with Crippen molar-refractivity contribution in [2.45, 2.75) is 89.9 Å². The Bertz CT molecular complexity index is 743. The third kappa shape index (κ3) is 3.24. The lowest BCUT2D eigenvalue weighted by molar-refractivity contribution is -0.599. The van der Waals surface area contributed by atoms with Crippen LogP contribution in [0.3, 0.4) is 0 Å². The maximum absolute atomic E-state index is 14.6. The van der Waals surface area contributed by atoms with E-state index >= 15 is 0 Å². The average molecular weight is 452 g/mol. The number of hydrogen-bond acceptors (Lipinski definition) is 6. The summed E-state index contributed by atoms with van der Waals surface area (Å²) in [6.45, 7) is 7.09. The SMILES string of the molecule is C[C@@H]1CC[C@H]2[C@@H](C)[C@](OCC(C)(C)C(=O)O)(C(F)(F)F)O[C@@H]3O[C@@]4(C)CC[C@@H]1[C@]32OO4. The fraction of sp³-hybridized carbons (Fsp3) is 0.952. The predicted molar refractivity (Wildman–Crippen MR) is 99.2 cm³/mol. The summed E-state index contributed by atoms with van der Waals surface area (Å²) >= 11 is 0. The molecule has 0 aromatic carbocycles. The zero-order chi connectivity index (χ0) is 23.0. The van der Waals surface area contributed by atoms with Crippen molar-refractivity contribution in [3.8, 4) is 0 Å². The lowest BCUT2D eigenvalue weighted by Crippen LogP contribution is -2.76. The normalized spacial score (nSPS) is 47.5. The van der Waals surface area contributed by atoms with Crippen molar-refractivity contribution in [2.24, 2.45) is 29.1 Å². The summed E-state index contributed by atoms with van der Waals surface area (Å²) in [7, 11) is 0. The second kappa shape index (κ2) is 7.03. The van der Waals surface area contributed by atoms with Gasteiger partial charge in [-0.05, 0) is 51.9 Å². The van der Waals surface area contributed by atoms with Crippen LogP contribution in [0.4, 0.5) is 13.2 Å². The quantitative estimate of drug-likeness (QED) is 0.639. The van der Waals surface area contributed by atoms with Crippen molar-refractivity contribution >= 4 is 5.97 Å². The maximum atomic E-state index is 14.6. The Morgan fingerprint density at radius 1 is 1.10 bits per heavy atom. The molecule has 8 atom stereocenters. The second-order valence-electron chi connectivity index (χ2n) is 10.5. The first-order valence-corrected chi connectivity index (χ1v) is 10.8. The van der Waals surface area contributed by atoms with E-state index < -0.39 is 59.5 Å². The van der Waals surface area contributed by atoms with E-state index in [1.54, 1.807) is 6.92 Å². The van der Waals surface area contributed by atoms with E-state index in [4.69, 9.17) is 24.0 Å². The van der Waals surface area contributed by atoms with Crippen LogP contribution in [0, 0.1) is 29.1 Å². The van der Waals surface area contributed by atoms with Gasteiger partial charge in [-0.25, -0.2) is 9.78 Å². The summed E-state index contributed by atoms with van der Waals surface area (Å²) in [6, 6.07) is 0. The minimum absolute atomic E-state index is 0.0929. The molecule has 2 bridgehead atoms. The minimum Gasteiger partial charge on any atom is -0.481 e. The number of carboxylic acids is 1. The van der Waals surface area contributed by atoms with Crippen molar-refractivity contribution in [3.05, 3.63) is 0 Å². The fourth-order valence-corrected chi connectivity index (χ4v) is 5.84. The van der Waals surface area contributed by atoms with Crippen LogP contribution in [-0.4, -0.2) is 47.3 Å². The van der Waals surface area contributed by atoms with Crippen molar-refractivity contribution in [3.63, 3.8) is 0 Å². The molecule has 1 spiro atoms. The van der Waals surface area contributed by atoms with Gasteiger partial charge >= 0.3 is 12.1 Å². The van der Waals surface area contributed by atoms with Gasteiger partial charge in [0.1, 0.15) is 0 Å². The van der Waals surface area contributed by atoms with Crippen LogP contribution < -0.4 is 0 Å². The van der Waals surface area contributed by atoms with E-state index in [0.29, 0.717) is 19.3 Å². The van der Waals surface area contributed by atoms with Crippen LogP contribution in [0.15, 0.2) is 0 Å². The van der Waals surface area contributed by atoms with E-state index in [-0.39, 0.29) is 11.8 Å². The third-order valence-corrected chi connectivity index (χ3v) is 7.88. The molecular formula is C21H31F3O7. The predicted octanol–water partition coefficient (Wildman–Crippen LogP) is 4.25. The molecule has 0 aromatic rings. The van der Waals surface area contributed by atoms with Gasteiger partial charge in [-0.1, -0.05) is 13.8 Å². The van der Waals surface area contributed by atoms with Gasteiger partial charge < -0.3 is 19.3 Å². The lowest BCUT2D eigenvalue weighted by Gasteiger charge is -2.63.